The molecule has 1 amide bonds. The van der Waals surface area contributed by atoms with Crippen molar-refractivity contribution in [2.45, 2.75) is 6.92 Å². The lowest BCUT2D eigenvalue weighted by molar-refractivity contribution is -0.119. The zero-order chi connectivity index (χ0) is 14.5. The van der Waals surface area contributed by atoms with E-state index in [1.807, 2.05) is 6.92 Å². The van der Waals surface area contributed by atoms with E-state index in [4.69, 9.17) is 0 Å². The summed E-state index contributed by atoms with van der Waals surface area (Å²) < 4.78 is 15.6. The van der Waals surface area contributed by atoms with Crippen LogP contribution in [0.5, 0.6) is 0 Å². The van der Waals surface area contributed by atoms with Crippen LogP contribution in [-0.4, -0.2) is 29.1 Å². The van der Waals surface area contributed by atoms with E-state index < -0.39 is 5.82 Å². The normalized spacial score (nSPS) is 12.2. The second-order valence-electron chi connectivity index (χ2n) is 4.58. The number of anilines is 1. The van der Waals surface area contributed by atoms with Gasteiger partial charge in [0.1, 0.15) is 5.82 Å². The number of hydrogen-bond acceptors (Lipinski definition) is 3. The molecule has 0 fully saturated rings. The summed E-state index contributed by atoms with van der Waals surface area (Å²) >= 11 is 0. The highest BCUT2D eigenvalue weighted by atomic mass is 19.1. The molecule has 20 heavy (non-hydrogen) atoms. The van der Waals surface area contributed by atoms with Gasteiger partial charge in [0, 0.05) is 30.5 Å². The Bertz CT molecular complexity index is 583. The quantitative estimate of drug-likeness (QED) is 0.875. The van der Waals surface area contributed by atoms with Crippen molar-refractivity contribution in [2.75, 3.05) is 18.9 Å². The van der Waals surface area contributed by atoms with Gasteiger partial charge in [0.25, 0.3) is 0 Å². The van der Waals surface area contributed by atoms with Crippen LogP contribution in [0.1, 0.15) is 6.92 Å². The Hall–Kier alpha value is -2.21. The minimum absolute atomic E-state index is 0.144. The van der Waals surface area contributed by atoms with Crippen LogP contribution in [0.2, 0.25) is 0 Å². The van der Waals surface area contributed by atoms with Crippen LogP contribution in [0.25, 0.3) is 5.69 Å². The second-order valence-corrected chi connectivity index (χ2v) is 4.58. The Labute approximate surface area is 116 Å². The van der Waals surface area contributed by atoms with Crippen molar-refractivity contribution in [3.8, 4) is 5.69 Å². The summed E-state index contributed by atoms with van der Waals surface area (Å²) in [5.41, 5.74) is 0.836. The molecule has 0 spiro atoms. The van der Waals surface area contributed by atoms with Gasteiger partial charge in [-0.25, -0.2) is 9.37 Å². The van der Waals surface area contributed by atoms with Crippen molar-refractivity contribution < 1.29 is 9.18 Å². The third kappa shape index (κ3) is 3.21. The minimum Gasteiger partial charge on any atom is -0.326 e. The number of carbonyl (C=O) groups excluding carboxylic acids is 1. The molecule has 0 aliphatic carbocycles. The van der Waals surface area contributed by atoms with Gasteiger partial charge in [0.05, 0.1) is 12.0 Å². The Balaban J connectivity index is 2.12. The summed E-state index contributed by atoms with van der Waals surface area (Å²) in [5, 5.41) is 5.62. The summed E-state index contributed by atoms with van der Waals surface area (Å²) in [6.07, 6.45) is 4.76. The van der Waals surface area contributed by atoms with Crippen molar-refractivity contribution >= 4 is 11.6 Å². The highest BCUT2D eigenvalue weighted by Crippen LogP contribution is 2.18. The number of carbonyl (C=O) groups is 1. The van der Waals surface area contributed by atoms with Gasteiger partial charge in [-0.1, -0.05) is 6.92 Å². The molecular weight excluding hydrogens is 259 g/mol. The van der Waals surface area contributed by atoms with E-state index in [0.717, 1.165) is 0 Å². The van der Waals surface area contributed by atoms with Crippen LogP contribution in [0.15, 0.2) is 36.9 Å². The molecule has 6 heteroatoms. The van der Waals surface area contributed by atoms with Gasteiger partial charge in [0.2, 0.25) is 5.91 Å². The van der Waals surface area contributed by atoms with E-state index in [1.165, 1.54) is 12.4 Å². The molecule has 1 heterocycles. The van der Waals surface area contributed by atoms with E-state index in [2.05, 4.69) is 15.6 Å². The molecule has 0 radical (unpaired) electrons. The number of nitrogens with one attached hydrogen (secondary N) is 2. The zero-order valence-corrected chi connectivity index (χ0v) is 11.4. The number of imidazole rings is 1. The first-order valence-electron chi connectivity index (χ1n) is 6.35. The Morgan fingerprint density at radius 1 is 1.50 bits per heavy atom. The van der Waals surface area contributed by atoms with Crippen molar-refractivity contribution in [1.29, 1.82) is 0 Å². The van der Waals surface area contributed by atoms with Gasteiger partial charge in [-0.3, -0.25) is 4.79 Å². The summed E-state index contributed by atoms with van der Waals surface area (Å²) in [6.45, 7) is 2.38. The lowest BCUT2D eigenvalue weighted by atomic mass is 10.1. The van der Waals surface area contributed by atoms with Crippen molar-refractivity contribution in [1.82, 2.24) is 14.9 Å². The van der Waals surface area contributed by atoms with Crippen molar-refractivity contribution in [3.05, 3.63) is 42.7 Å². The average molecular weight is 276 g/mol. The molecule has 1 aromatic carbocycles. The largest absolute Gasteiger partial charge is 0.326 e. The molecule has 1 aromatic heterocycles. The average Bonchev–Trinajstić information content (AvgIpc) is 2.93. The summed E-state index contributed by atoms with van der Waals surface area (Å²) in [6, 6.07) is 4.58. The first kappa shape index (κ1) is 14.2. The molecule has 106 valence electrons. The van der Waals surface area contributed by atoms with Crippen molar-refractivity contribution in [3.63, 3.8) is 0 Å². The molecule has 0 saturated carbocycles. The summed E-state index contributed by atoms with van der Waals surface area (Å²) in [5.74, 6) is -0.743. The Morgan fingerprint density at radius 2 is 2.30 bits per heavy atom. The fourth-order valence-electron chi connectivity index (χ4n) is 1.86. The molecule has 1 atom stereocenters. The van der Waals surface area contributed by atoms with Gasteiger partial charge in [-0.15, -0.1) is 0 Å². The van der Waals surface area contributed by atoms with Crippen LogP contribution in [0.4, 0.5) is 10.1 Å². The smallest absolute Gasteiger partial charge is 0.228 e. The maximum Gasteiger partial charge on any atom is 0.228 e. The summed E-state index contributed by atoms with van der Waals surface area (Å²) in [4.78, 5) is 15.7. The molecule has 2 aromatic rings. The number of amides is 1. The highest BCUT2D eigenvalue weighted by Gasteiger charge is 2.13. The van der Waals surface area contributed by atoms with E-state index in [0.29, 0.717) is 17.9 Å². The molecule has 1 unspecified atom stereocenters. The summed E-state index contributed by atoms with van der Waals surface area (Å²) in [7, 11) is 1.78. The fourth-order valence-corrected chi connectivity index (χ4v) is 1.86. The lowest BCUT2D eigenvalue weighted by Crippen LogP contribution is -2.28. The SMILES string of the molecule is CNCC(C)C(=O)Nc1ccc(-n2ccnc2)c(F)c1. The Morgan fingerprint density at radius 3 is 2.90 bits per heavy atom. The maximum atomic E-state index is 14.0. The van der Waals surface area contributed by atoms with Crippen LogP contribution in [-0.2, 0) is 4.79 Å². The van der Waals surface area contributed by atoms with Crippen molar-refractivity contribution in [2.24, 2.45) is 5.92 Å². The predicted octanol–water partition coefficient (Wildman–Crippen LogP) is 1.81. The molecular formula is C14H17FN4O. The number of nitrogens with zero attached hydrogens (tertiary/aromatic N) is 2. The topological polar surface area (TPSA) is 59.0 Å². The molecule has 0 aliphatic rings. The standard InChI is InChI=1S/C14H17FN4O/c1-10(8-16-2)14(20)18-11-3-4-13(12(15)7-11)19-6-5-17-9-19/h3-7,9-10,16H,8H2,1-2H3,(H,18,20). The first-order chi connectivity index (χ1) is 9.61. The number of benzene rings is 1. The van der Waals surface area contributed by atoms with Gasteiger partial charge < -0.3 is 15.2 Å². The second kappa shape index (κ2) is 6.29. The van der Waals surface area contributed by atoms with Crippen LogP contribution in [0, 0.1) is 11.7 Å². The van der Waals surface area contributed by atoms with Gasteiger partial charge in [-0.2, -0.15) is 0 Å². The van der Waals surface area contributed by atoms with Gasteiger partial charge in [-0.05, 0) is 25.2 Å². The molecule has 0 aliphatic heterocycles. The maximum absolute atomic E-state index is 14.0. The van der Waals surface area contributed by atoms with Gasteiger partial charge in [0.15, 0.2) is 0 Å². The molecule has 5 nitrogen and oxygen atoms in total. The molecule has 2 N–H and O–H groups in total. The highest BCUT2D eigenvalue weighted by molar-refractivity contribution is 5.92. The van der Waals surface area contributed by atoms with Gasteiger partial charge >= 0.3 is 0 Å². The third-order valence-corrected chi connectivity index (χ3v) is 2.96. The third-order valence-electron chi connectivity index (χ3n) is 2.96. The minimum atomic E-state index is -0.415. The lowest BCUT2D eigenvalue weighted by Gasteiger charge is -2.12. The first-order valence-corrected chi connectivity index (χ1v) is 6.35. The number of rotatable bonds is 5. The zero-order valence-electron chi connectivity index (χ0n) is 11.4. The van der Waals surface area contributed by atoms with Crippen LogP contribution >= 0.6 is 0 Å². The monoisotopic (exact) mass is 276 g/mol. The van der Waals surface area contributed by atoms with E-state index >= 15 is 0 Å². The van der Waals surface area contributed by atoms with E-state index in [-0.39, 0.29) is 11.8 Å². The molecule has 0 saturated heterocycles. The molecule has 0 bridgehead atoms. The van der Waals surface area contributed by atoms with E-state index in [1.54, 1.807) is 36.1 Å². The fraction of sp³-hybridized carbons (Fsp3) is 0.286. The Kier molecular flexibility index (Phi) is 4.47. The number of aromatic nitrogens is 2. The predicted molar refractivity (Wildman–Crippen MR) is 75.2 cm³/mol. The number of hydrogen-bond donors (Lipinski definition) is 2. The van der Waals surface area contributed by atoms with Crippen LogP contribution in [0.3, 0.4) is 0 Å². The number of halogens is 1. The van der Waals surface area contributed by atoms with Crippen LogP contribution < -0.4 is 10.6 Å². The molecule has 2 rings (SSSR count). The van der Waals surface area contributed by atoms with E-state index in [9.17, 15) is 9.18 Å².